The molecule has 0 atom stereocenters. The average Bonchev–Trinajstić information content (AvgIpc) is 2.61. The van der Waals surface area contributed by atoms with Gasteiger partial charge in [-0.25, -0.2) is 9.18 Å². The first kappa shape index (κ1) is 19.5. The highest BCUT2D eigenvalue weighted by atomic mass is 35.5. The van der Waals surface area contributed by atoms with E-state index in [4.69, 9.17) is 25.8 Å². The van der Waals surface area contributed by atoms with E-state index in [0.717, 1.165) is 6.07 Å². The molecule has 1 N–H and O–H groups in total. The molecule has 0 saturated heterocycles. The van der Waals surface area contributed by atoms with E-state index in [1.807, 2.05) is 0 Å². The molecule has 0 radical (unpaired) electrons. The summed E-state index contributed by atoms with van der Waals surface area (Å²) < 4.78 is 28.5. The van der Waals surface area contributed by atoms with Gasteiger partial charge in [-0.2, -0.15) is 0 Å². The zero-order chi connectivity index (χ0) is 19.1. The molecular formula is C18H17ClFNO5. The molecule has 8 heteroatoms. The third kappa shape index (κ3) is 5.10. The van der Waals surface area contributed by atoms with Gasteiger partial charge in [-0.15, -0.1) is 0 Å². The number of carbonyl (C=O) groups excluding carboxylic acids is 2. The zero-order valence-electron chi connectivity index (χ0n) is 14.2. The van der Waals surface area contributed by atoms with E-state index in [9.17, 15) is 14.0 Å². The first-order chi connectivity index (χ1) is 12.4. The van der Waals surface area contributed by atoms with Crippen LogP contribution in [0.3, 0.4) is 0 Å². The number of ether oxygens (including phenoxy) is 3. The number of rotatable bonds is 7. The topological polar surface area (TPSA) is 73.9 Å². The Kier molecular flexibility index (Phi) is 6.80. The molecule has 0 aromatic heterocycles. The molecule has 0 aliphatic rings. The minimum Gasteiger partial charge on any atom is -0.493 e. The van der Waals surface area contributed by atoms with Crippen LogP contribution in [0.4, 0.5) is 10.1 Å². The number of esters is 1. The Morgan fingerprint density at radius 3 is 2.65 bits per heavy atom. The average molecular weight is 382 g/mol. The highest BCUT2D eigenvalue weighted by molar-refractivity contribution is 6.32. The number of halogens is 2. The van der Waals surface area contributed by atoms with Crippen molar-refractivity contribution in [1.82, 2.24) is 0 Å². The summed E-state index contributed by atoms with van der Waals surface area (Å²) in [4.78, 5) is 23.9. The number of methoxy groups -OCH3 is 1. The summed E-state index contributed by atoms with van der Waals surface area (Å²) in [7, 11) is 1.41. The fourth-order valence-electron chi connectivity index (χ4n) is 2.10. The minimum atomic E-state index is -0.761. The Balaban J connectivity index is 2.01. The van der Waals surface area contributed by atoms with Crippen molar-refractivity contribution in [1.29, 1.82) is 0 Å². The largest absolute Gasteiger partial charge is 0.493 e. The maximum atomic E-state index is 13.1. The van der Waals surface area contributed by atoms with Crippen LogP contribution >= 0.6 is 11.6 Å². The number of amides is 1. The lowest BCUT2D eigenvalue weighted by Gasteiger charge is -2.13. The maximum Gasteiger partial charge on any atom is 0.338 e. The molecule has 26 heavy (non-hydrogen) atoms. The molecule has 0 unspecified atom stereocenters. The molecule has 0 bridgehead atoms. The van der Waals surface area contributed by atoms with Crippen LogP contribution in [0.1, 0.15) is 17.3 Å². The van der Waals surface area contributed by atoms with Crippen molar-refractivity contribution >= 4 is 29.2 Å². The van der Waals surface area contributed by atoms with E-state index < -0.39 is 24.3 Å². The van der Waals surface area contributed by atoms with Crippen molar-refractivity contribution in [3.8, 4) is 11.5 Å². The summed E-state index contributed by atoms with van der Waals surface area (Å²) in [6.45, 7) is 1.62. The Morgan fingerprint density at radius 1 is 1.23 bits per heavy atom. The van der Waals surface area contributed by atoms with Gasteiger partial charge < -0.3 is 19.5 Å². The number of carbonyl (C=O) groups is 2. The second-order valence-corrected chi connectivity index (χ2v) is 5.46. The van der Waals surface area contributed by atoms with Gasteiger partial charge in [0.2, 0.25) is 0 Å². The summed E-state index contributed by atoms with van der Waals surface area (Å²) >= 11 is 6.09. The van der Waals surface area contributed by atoms with Gasteiger partial charge in [0.05, 0.1) is 24.3 Å². The lowest BCUT2D eigenvalue weighted by molar-refractivity contribution is -0.119. The van der Waals surface area contributed by atoms with E-state index in [2.05, 4.69) is 5.32 Å². The van der Waals surface area contributed by atoms with Gasteiger partial charge in [0.1, 0.15) is 5.82 Å². The van der Waals surface area contributed by atoms with Crippen LogP contribution < -0.4 is 14.8 Å². The molecule has 0 spiro atoms. The Bertz CT molecular complexity index is 812. The van der Waals surface area contributed by atoms with Crippen LogP contribution in [0.25, 0.3) is 0 Å². The minimum absolute atomic E-state index is 0.105. The predicted octanol–water partition coefficient (Wildman–Crippen LogP) is 3.68. The molecule has 2 aromatic carbocycles. The molecule has 0 heterocycles. The van der Waals surface area contributed by atoms with E-state index in [1.165, 1.54) is 37.4 Å². The Morgan fingerprint density at radius 2 is 2.00 bits per heavy atom. The van der Waals surface area contributed by atoms with Crippen molar-refractivity contribution in [2.45, 2.75) is 6.92 Å². The zero-order valence-corrected chi connectivity index (χ0v) is 14.9. The molecule has 2 rings (SSSR count). The van der Waals surface area contributed by atoms with Gasteiger partial charge in [0.25, 0.3) is 5.91 Å². The van der Waals surface area contributed by atoms with E-state index >= 15 is 0 Å². The van der Waals surface area contributed by atoms with Gasteiger partial charge in [-0.05, 0) is 37.3 Å². The van der Waals surface area contributed by atoms with Crippen molar-refractivity contribution in [2.24, 2.45) is 0 Å². The standard InChI is InChI=1S/C18H17ClFNO5/c1-3-25-17-14(19)7-11(8-15(17)24-2)18(23)26-10-16(22)21-13-6-4-5-12(20)9-13/h4-9H,3,10H2,1-2H3,(H,21,22). The van der Waals surface area contributed by atoms with Gasteiger partial charge in [-0.3, -0.25) is 4.79 Å². The molecule has 138 valence electrons. The van der Waals surface area contributed by atoms with Crippen molar-refractivity contribution < 1.29 is 28.2 Å². The van der Waals surface area contributed by atoms with Gasteiger partial charge in [0.15, 0.2) is 18.1 Å². The fourth-order valence-corrected chi connectivity index (χ4v) is 2.37. The Hall–Kier alpha value is -2.80. The van der Waals surface area contributed by atoms with Gasteiger partial charge in [0, 0.05) is 5.69 Å². The monoisotopic (exact) mass is 381 g/mol. The van der Waals surface area contributed by atoms with Crippen LogP contribution in [0.5, 0.6) is 11.5 Å². The normalized spacial score (nSPS) is 10.2. The van der Waals surface area contributed by atoms with Gasteiger partial charge >= 0.3 is 5.97 Å². The summed E-state index contributed by atoms with van der Waals surface area (Å²) in [5.41, 5.74) is 0.366. The number of benzene rings is 2. The number of anilines is 1. The molecule has 0 aliphatic carbocycles. The quantitative estimate of drug-likeness (QED) is 0.740. The third-order valence-electron chi connectivity index (χ3n) is 3.20. The smallest absolute Gasteiger partial charge is 0.338 e. The third-order valence-corrected chi connectivity index (χ3v) is 3.48. The first-order valence-corrected chi connectivity index (χ1v) is 8.05. The van der Waals surface area contributed by atoms with Crippen LogP contribution in [0.15, 0.2) is 36.4 Å². The van der Waals surface area contributed by atoms with E-state index in [1.54, 1.807) is 6.92 Å². The predicted molar refractivity (Wildman–Crippen MR) is 94.5 cm³/mol. The highest BCUT2D eigenvalue weighted by Crippen LogP contribution is 2.36. The summed E-state index contributed by atoms with van der Waals surface area (Å²) in [6.07, 6.45) is 0. The first-order valence-electron chi connectivity index (χ1n) is 7.67. The number of nitrogens with one attached hydrogen (secondary N) is 1. The van der Waals surface area contributed by atoms with E-state index in [-0.39, 0.29) is 22.0 Å². The van der Waals surface area contributed by atoms with Crippen LogP contribution in [-0.2, 0) is 9.53 Å². The second-order valence-electron chi connectivity index (χ2n) is 5.06. The Labute approximate surface area is 154 Å². The molecule has 0 fully saturated rings. The maximum absolute atomic E-state index is 13.1. The van der Waals surface area contributed by atoms with Crippen LogP contribution in [0.2, 0.25) is 5.02 Å². The molecular weight excluding hydrogens is 365 g/mol. The molecule has 0 aliphatic heterocycles. The summed E-state index contributed by atoms with van der Waals surface area (Å²) in [5.74, 6) is -1.26. The van der Waals surface area contributed by atoms with Crippen LogP contribution in [0, 0.1) is 5.82 Å². The fraction of sp³-hybridized carbons (Fsp3) is 0.222. The van der Waals surface area contributed by atoms with Crippen LogP contribution in [-0.4, -0.2) is 32.2 Å². The highest BCUT2D eigenvalue weighted by Gasteiger charge is 2.17. The molecule has 1 amide bonds. The second kappa shape index (κ2) is 9.05. The molecule has 0 saturated carbocycles. The van der Waals surface area contributed by atoms with Gasteiger partial charge in [-0.1, -0.05) is 17.7 Å². The SMILES string of the molecule is CCOc1c(Cl)cc(C(=O)OCC(=O)Nc2cccc(F)c2)cc1OC. The lowest BCUT2D eigenvalue weighted by Crippen LogP contribution is -2.21. The number of hydrogen-bond donors (Lipinski definition) is 1. The van der Waals surface area contributed by atoms with Crippen molar-refractivity contribution in [2.75, 3.05) is 25.6 Å². The van der Waals surface area contributed by atoms with Crippen molar-refractivity contribution in [3.05, 3.63) is 52.8 Å². The van der Waals surface area contributed by atoms with Crippen molar-refractivity contribution in [3.63, 3.8) is 0 Å². The van der Waals surface area contributed by atoms with E-state index in [0.29, 0.717) is 12.4 Å². The molecule has 2 aromatic rings. The molecule has 6 nitrogen and oxygen atoms in total. The number of hydrogen-bond acceptors (Lipinski definition) is 5. The summed E-state index contributed by atoms with van der Waals surface area (Å²) in [6, 6.07) is 8.13. The summed E-state index contributed by atoms with van der Waals surface area (Å²) in [5, 5.41) is 2.61. The lowest BCUT2D eigenvalue weighted by atomic mass is 10.2.